The first-order chi connectivity index (χ1) is 64.0. The second kappa shape index (κ2) is 46.1. The third-order valence-electron chi connectivity index (χ3n) is 24.4. The predicted molar refractivity (Wildman–Crippen MR) is 499 cm³/mol. The van der Waals surface area contributed by atoms with Crippen molar-refractivity contribution in [2.45, 2.75) is 176 Å². The van der Waals surface area contributed by atoms with Crippen LogP contribution in [0.1, 0.15) is 117 Å². The molecule has 2 fully saturated rings. The van der Waals surface area contributed by atoms with E-state index in [9.17, 15) is 39.3 Å². The minimum atomic E-state index is -1.95. The van der Waals surface area contributed by atoms with Gasteiger partial charge in [-0.3, -0.25) is 76.7 Å². The molecule has 3 aliphatic rings. The lowest BCUT2D eigenvalue weighted by molar-refractivity contribution is -0.151. The van der Waals surface area contributed by atoms with Crippen molar-refractivity contribution in [3.05, 3.63) is 233 Å². The van der Waals surface area contributed by atoms with E-state index in [0.717, 1.165) is 26.5 Å². The predicted octanol–water partition coefficient (Wildman–Crippen LogP) is 3.68. The van der Waals surface area contributed by atoms with Gasteiger partial charge in [0.1, 0.15) is 84.0 Å². The number of nitrogens with one attached hydrogen (secondary N) is 10. The van der Waals surface area contributed by atoms with Gasteiger partial charge in [-0.15, -0.1) is 11.8 Å². The van der Waals surface area contributed by atoms with Crippen LogP contribution < -0.4 is 58.5 Å². The Labute approximate surface area is 780 Å². The van der Waals surface area contributed by atoms with E-state index in [1.807, 2.05) is 6.92 Å². The molecule has 1 aliphatic carbocycles. The summed E-state index contributed by atoms with van der Waals surface area (Å²) in [4.78, 5) is 247. The molecule has 0 radical (unpaired) electrons. The van der Waals surface area contributed by atoms with Crippen LogP contribution in [0.2, 0.25) is 0 Å². The number of aromatic nitrogens is 1. The van der Waals surface area contributed by atoms with Gasteiger partial charge < -0.3 is 98.4 Å². The Kier molecular flexibility index (Phi) is 34.4. The Bertz CT molecular complexity index is 5600. The zero-order chi connectivity index (χ0) is 96.8. The zero-order valence-electron chi connectivity index (χ0n) is 75.9. The molecule has 1 saturated carbocycles. The van der Waals surface area contributed by atoms with E-state index in [2.05, 4.69) is 52.8 Å². The van der Waals surface area contributed by atoms with Crippen molar-refractivity contribution in [3.8, 4) is 11.5 Å². The second-order valence-electron chi connectivity index (χ2n) is 34.7. The molecule has 36 heteroatoms. The smallest absolute Gasteiger partial charge is 0.305 e. The minimum absolute atomic E-state index is 0.0258. The number of para-hydroxylation sites is 1. The van der Waals surface area contributed by atoms with E-state index in [-0.39, 0.29) is 80.2 Å². The third-order valence-corrected chi connectivity index (χ3v) is 25.4. The Morgan fingerprint density at radius 1 is 0.545 bits per heavy atom. The van der Waals surface area contributed by atoms with E-state index >= 15 is 52.7 Å². The molecule has 2 aliphatic heterocycles. The van der Waals surface area contributed by atoms with Crippen molar-refractivity contribution in [1.82, 2.24) is 72.4 Å². The second-order valence-corrected chi connectivity index (χ2v) is 35.8. The monoisotopic (exact) mass is 1850 g/mol. The third kappa shape index (κ3) is 26.1. The SMILES string of the molecule is CCCC[C@H]1C(=O)N(C)CC(=O)N[C@@H](CC(=O)O)C(=O)NC(C(C)c2ccccc2)C(=O)N(C)[C@@H](Cc2ccccc2)C(=O)N[C@H]2Cc3ccc(O)cc3N(CC(=O)N[C@@H](Cc3c[nH]c4ccccc34)C(=O)N[C@@H](Cc3ccc(O)cc3)C(=O)N[C@@H](CC(C)C)C(=O)N[C@H](C(=O)NCC(N)=O)CSCC(=O)NC3(CC3c3ccccc3)C(=O)N(C)[C@@H](Cc3ccccc3)C(=O)N1C)C2=O. The molecule has 15 N–H and O–H groups in total. The molecule has 11 rings (SSSR count). The van der Waals surface area contributed by atoms with Gasteiger partial charge in [0, 0.05) is 101 Å². The summed E-state index contributed by atoms with van der Waals surface area (Å²) in [5, 5.41) is 56.9. The molecule has 3 heterocycles. The fraction of sp³-hybridized carbons (Fsp3) is 0.388. The Hall–Kier alpha value is -14.5. The van der Waals surface area contributed by atoms with Crippen LogP contribution in [-0.4, -0.2) is 260 Å². The van der Waals surface area contributed by atoms with Gasteiger partial charge in [-0.1, -0.05) is 198 Å². The Morgan fingerprint density at radius 2 is 1.10 bits per heavy atom. The van der Waals surface area contributed by atoms with Crippen LogP contribution in [0.3, 0.4) is 0 Å². The van der Waals surface area contributed by atoms with Crippen LogP contribution in [0.5, 0.6) is 11.5 Å². The number of rotatable bonds is 21. The molecule has 2 bridgehead atoms. The number of amides is 15. The highest BCUT2D eigenvalue weighted by atomic mass is 32.2. The van der Waals surface area contributed by atoms with Crippen LogP contribution in [0, 0.1) is 5.92 Å². The van der Waals surface area contributed by atoms with E-state index < -0.39 is 204 Å². The summed E-state index contributed by atoms with van der Waals surface area (Å²) in [6.45, 7) is 4.56. The highest BCUT2D eigenvalue weighted by Gasteiger charge is 2.63. The Morgan fingerprint density at radius 3 is 1.74 bits per heavy atom. The number of carbonyl (C=O) groups is 16. The van der Waals surface area contributed by atoms with Crippen LogP contribution in [-0.2, 0) is 109 Å². The molecule has 15 amide bonds. The first-order valence-corrected chi connectivity index (χ1v) is 45.6. The number of primary amides is 1. The molecule has 7 aromatic carbocycles. The van der Waals surface area contributed by atoms with E-state index in [0.29, 0.717) is 62.7 Å². The number of fused-ring (bicyclic) bond motifs is 5. The summed E-state index contributed by atoms with van der Waals surface area (Å²) >= 11 is 0.844. The molecule has 1 saturated heterocycles. The number of carboxylic acids is 1. The summed E-state index contributed by atoms with van der Waals surface area (Å²) in [5.41, 5.74) is 7.90. The zero-order valence-corrected chi connectivity index (χ0v) is 76.7. The number of likely N-dealkylation sites (N-methyl/N-ethyl adjacent to an activating group) is 4. The number of benzene rings is 7. The molecule has 35 nitrogen and oxygen atoms in total. The number of phenols is 2. The van der Waals surface area contributed by atoms with E-state index in [1.54, 1.807) is 173 Å². The van der Waals surface area contributed by atoms with Crippen molar-refractivity contribution in [3.63, 3.8) is 0 Å². The van der Waals surface area contributed by atoms with Gasteiger partial charge in [-0.05, 0) is 88.4 Å². The summed E-state index contributed by atoms with van der Waals surface area (Å²) in [6, 6.07) is 35.5. The van der Waals surface area contributed by atoms with Gasteiger partial charge in [-0.25, -0.2) is 0 Å². The minimum Gasteiger partial charge on any atom is -0.508 e. The number of nitrogens with two attached hydrogens (primary N) is 1. The number of phenolic OH excluding ortho intramolecular Hbond substituents is 2. The lowest BCUT2D eigenvalue weighted by Crippen LogP contribution is -2.62. The molecular weight excluding hydrogens is 1740 g/mol. The summed E-state index contributed by atoms with van der Waals surface area (Å²) in [6.07, 6.45) is 0.200. The molecular formula is C98H116N16O19S. The number of aromatic hydroxyl groups is 2. The first kappa shape index (κ1) is 100. The van der Waals surface area contributed by atoms with Gasteiger partial charge in [-0.2, -0.15) is 0 Å². The number of H-pyrrole nitrogens is 1. The molecule has 708 valence electrons. The summed E-state index contributed by atoms with van der Waals surface area (Å²) in [5.74, 6) is -18.5. The molecule has 13 atom stereocenters. The number of aromatic amines is 1. The van der Waals surface area contributed by atoms with Crippen molar-refractivity contribution in [1.29, 1.82) is 0 Å². The average Bonchev–Trinajstić information content (AvgIpc) is 1.56. The number of hydrogen-bond acceptors (Lipinski definition) is 19. The van der Waals surface area contributed by atoms with Gasteiger partial charge in [0.25, 0.3) is 0 Å². The van der Waals surface area contributed by atoms with Gasteiger partial charge in [0.2, 0.25) is 88.6 Å². The number of carboxylic acid groups (broad SMARTS) is 1. The fourth-order valence-corrected chi connectivity index (χ4v) is 17.8. The van der Waals surface area contributed by atoms with Crippen LogP contribution in [0.25, 0.3) is 10.9 Å². The number of nitrogens with zero attached hydrogens (tertiary/aromatic N) is 5. The number of thioether (sulfide) groups is 1. The molecule has 1 aromatic heterocycles. The van der Waals surface area contributed by atoms with Crippen LogP contribution in [0.15, 0.2) is 194 Å². The van der Waals surface area contributed by atoms with Gasteiger partial charge >= 0.3 is 5.97 Å². The lowest BCUT2D eigenvalue weighted by Gasteiger charge is -2.37. The number of anilines is 1. The quantitative estimate of drug-likeness (QED) is 0.0488. The summed E-state index contributed by atoms with van der Waals surface area (Å²) in [7, 11) is 5.35. The molecule has 134 heavy (non-hydrogen) atoms. The largest absolute Gasteiger partial charge is 0.508 e. The summed E-state index contributed by atoms with van der Waals surface area (Å²) < 4.78 is 0. The fourth-order valence-electron chi connectivity index (χ4n) is 17.0. The number of carbonyl (C=O) groups excluding carboxylic acids is 15. The van der Waals surface area contributed by atoms with Crippen LogP contribution in [0.4, 0.5) is 5.69 Å². The number of unbranched alkanes of at least 4 members (excludes halogenated alkanes) is 1. The highest BCUT2D eigenvalue weighted by molar-refractivity contribution is 8.00. The number of aliphatic carboxylic acids is 1. The van der Waals surface area contributed by atoms with Gasteiger partial charge in [0.05, 0.1) is 31.0 Å². The standard InChI is InChI=1S/C98H116N16O19S/c1-9-10-35-77-94(130)110(5)53-82(118)103-74(49-85(121)122)91(127)108-86(58(4)62-29-19-13-20-30-62)96(132)112(7)79(44-59-25-15-11-16-26-59)92(128)106-75-46-64-38-41-67(116)48-78(64)114(93(75)129)54-83(119)102-73(47-65-51-100-70-34-24-23-33-68(65)70)90(126)105-72(43-61-36-39-66(115)40-37-61)89(125)104-71(42-57(2)3)88(124)107-76(87(123)101-52-81(99)117)55-134-56-84(120)109-98(50-69(98)63-31-21-14-22-32-63)97(133)113(8)80(95(131)111(77)6)45-60-27-17-12-18-28-60/h11-34,36-41,48,51,57-58,69,71-77,79-80,86,100,115-116H,9-10,35,42-47,49-50,52-56H2,1-8H3,(H2,99,117)(H,101,123)(H,102,119)(H,103,118)(H,104,125)(H,105,126)(H,106,128)(H,107,124)(H,108,127)(H,109,120)(H,121,122)/t58?,69?,71-,72-,73-,74-,75-,76-,77-,79-,80-,86?,98?/m0/s1. The molecule has 4 unspecified atom stereocenters. The highest BCUT2D eigenvalue weighted by Crippen LogP contribution is 2.53. The maximum Gasteiger partial charge on any atom is 0.305 e. The maximum absolute atomic E-state index is 15.8. The van der Waals surface area contributed by atoms with Crippen molar-refractivity contribution in [2.75, 3.05) is 64.2 Å². The molecule has 8 aromatic rings. The van der Waals surface area contributed by atoms with Crippen molar-refractivity contribution in [2.24, 2.45) is 11.7 Å². The van der Waals surface area contributed by atoms with Crippen LogP contribution >= 0.6 is 11.8 Å². The van der Waals surface area contributed by atoms with E-state index in [1.165, 1.54) is 80.5 Å². The average molecular weight is 1850 g/mol. The lowest BCUT2D eigenvalue weighted by atomic mass is 9.91. The normalized spacial score (nSPS) is 23.4. The Balaban J connectivity index is 0.982. The van der Waals surface area contributed by atoms with Crippen molar-refractivity contribution < 1.29 is 92.0 Å². The number of hydrogen-bond donors (Lipinski definition) is 14. The topological polar surface area (TPSA) is 500 Å². The van der Waals surface area contributed by atoms with E-state index in [4.69, 9.17) is 5.73 Å². The van der Waals surface area contributed by atoms with Crippen molar-refractivity contribution >= 4 is 123 Å². The maximum atomic E-state index is 15.8. The van der Waals surface area contributed by atoms with Gasteiger partial charge in [0.15, 0.2) is 0 Å². The first-order valence-electron chi connectivity index (χ1n) is 44.5. The molecule has 1 spiro atoms.